The first kappa shape index (κ1) is 26.3. The van der Waals surface area contributed by atoms with Gasteiger partial charge in [-0.05, 0) is 56.7 Å². The molecule has 1 amide bonds. The summed E-state index contributed by atoms with van der Waals surface area (Å²) in [5.41, 5.74) is 3.18. The number of benzene rings is 1. The number of halogens is 2. The van der Waals surface area contributed by atoms with Crippen LogP contribution in [0.15, 0.2) is 24.5 Å². The zero-order valence-electron chi connectivity index (χ0n) is 20.0. The molecule has 2 saturated heterocycles. The van der Waals surface area contributed by atoms with Crippen LogP contribution in [0.2, 0.25) is 10.0 Å². The number of sulfonamides is 1. The van der Waals surface area contributed by atoms with Crippen molar-refractivity contribution in [1.29, 1.82) is 0 Å². The number of carbonyl (C=O) groups excluding carboxylic acids is 1. The van der Waals surface area contributed by atoms with Crippen molar-refractivity contribution >= 4 is 39.1 Å². The predicted molar refractivity (Wildman–Crippen MR) is 138 cm³/mol. The second-order valence-electron chi connectivity index (χ2n) is 9.44. The molecule has 1 N–H and O–H groups in total. The molecule has 0 aliphatic carbocycles. The van der Waals surface area contributed by atoms with Gasteiger partial charge in [0, 0.05) is 49.5 Å². The van der Waals surface area contributed by atoms with Crippen molar-refractivity contribution in [3.8, 4) is 0 Å². The number of nitrogens with one attached hydrogen (secondary N) is 1. The molecule has 0 radical (unpaired) electrons. The number of hydrogen-bond acceptors (Lipinski definition) is 6. The number of nitrogens with zero attached hydrogens (tertiary/aromatic N) is 4. The third-order valence-corrected chi connectivity index (χ3v) is 8.39. The maximum atomic E-state index is 13.3. The molecule has 2 aliphatic rings. The van der Waals surface area contributed by atoms with Crippen LogP contribution in [0.25, 0.3) is 0 Å². The Balaban J connectivity index is 1.33. The Bertz CT molecular complexity index is 1190. The zero-order chi connectivity index (χ0) is 25.2. The van der Waals surface area contributed by atoms with E-state index in [9.17, 15) is 13.2 Å². The zero-order valence-corrected chi connectivity index (χ0v) is 22.3. The Morgan fingerprint density at radius 3 is 2.51 bits per heavy atom. The van der Waals surface area contributed by atoms with Crippen molar-refractivity contribution in [3.05, 3.63) is 57.1 Å². The molecule has 35 heavy (non-hydrogen) atoms. The molecular formula is C24H31Cl2N5O3S. The lowest BCUT2D eigenvalue weighted by Crippen LogP contribution is -2.47. The van der Waals surface area contributed by atoms with E-state index in [0.717, 1.165) is 55.6 Å². The van der Waals surface area contributed by atoms with E-state index in [0.29, 0.717) is 41.3 Å². The molecule has 2 aliphatic heterocycles. The Morgan fingerprint density at radius 1 is 1.09 bits per heavy atom. The van der Waals surface area contributed by atoms with E-state index in [-0.39, 0.29) is 11.9 Å². The van der Waals surface area contributed by atoms with Gasteiger partial charge in [-0.15, -0.1) is 0 Å². The number of amides is 1. The first-order valence-corrected chi connectivity index (χ1v) is 14.5. The van der Waals surface area contributed by atoms with Gasteiger partial charge in [0.2, 0.25) is 10.0 Å². The molecule has 4 rings (SSSR count). The second kappa shape index (κ2) is 11.1. The summed E-state index contributed by atoms with van der Waals surface area (Å²) >= 11 is 12.1. The topological polar surface area (TPSA) is 95.5 Å². The Hall–Kier alpha value is -1.78. The van der Waals surface area contributed by atoms with Crippen molar-refractivity contribution in [2.75, 3.05) is 32.4 Å². The van der Waals surface area contributed by atoms with Gasteiger partial charge >= 0.3 is 0 Å². The molecule has 8 nitrogen and oxygen atoms in total. The van der Waals surface area contributed by atoms with Gasteiger partial charge < -0.3 is 4.90 Å². The van der Waals surface area contributed by atoms with Crippen LogP contribution in [0.5, 0.6) is 0 Å². The SMILES string of the molecule is Cc1c(CCc2ccc(Cl)c(Cl)c2)ncnc1C(=O)N1CCC(N2CC[C@@H](NS(C)(=O)=O)C2)CC1. The number of hydrogen-bond donors (Lipinski definition) is 1. The summed E-state index contributed by atoms with van der Waals surface area (Å²) < 4.78 is 25.8. The second-order valence-corrected chi connectivity index (χ2v) is 12.0. The van der Waals surface area contributed by atoms with E-state index in [2.05, 4.69) is 19.6 Å². The van der Waals surface area contributed by atoms with Gasteiger partial charge in [0.15, 0.2) is 0 Å². The van der Waals surface area contributed by atoms with Crippen molar-refractivity contribution in [2.24, 2.45) is 0 Å². The largest absolute Gasteiger partial charge is 0.337 e. The van der Waals surface area contributed by atoms with Crippen LogP contribution < -0.4 is 4.72 Å². The van der Waals surface area contributed by atoms with Crippen molar-refractivity contribution in [1.82, 2.24) is 24.5 Å². The van der Waals surface area contributed by atoms with Crippen LogP contribution in [-0.4, -0.2) is 78.6 Å². The summed E-state index contributed by atoms with van der Waals surface area (Å²) in [5, 5.41) is 1.05. The van der Waals surface area contributed by atoms with E-state index in [1.807, 2.05) is 24.0 Å². The average Bonchev–Trinajstić information content (AvgIpc) is 3.27. The predicted octanol–water partition coefficient (Wildman–Crippen LogP) is 3.11. The molecular weight excluding hydrogens is 509 g/mol. The van der Waals surface area contributed by atoms with E-state index < -0.39 is 10.0 Å². The van der Waals surface area contributed by atoms with E-state index in [4.69, 9.17) is 23.2 Å². The van der Waals surface area contributed by atoms with E-state index >= 15 is 0 Å². The highest BCUT2D eigenvalue weighted by atomic mass is 35.5. The quantitative estimate of drug-likeness (QED) is 0.580. The highest BCUT2D eigenvalue weighted by molar-refractivity contribution is 7.88. The van der Waals surface area contributed by atoms with Crippen LogP contribution in [0.3, 0.4) is 0 Å². The highest BCUT2D eigenvalue weighted by Gasteiger charge is 2.33. The molecule has 0 saturated carbocycles. The van der Waals surface area contributed by atoms with Crippen LogP contribution in [-0.2, 0) is 22.9 Å². The van der Waals surface area contributed by atoms with Gasteiger partial charge in [0.1, 0.15) is 12.0 Å². The number of aromatic nitrogens is 2. The summed E-state index contributed by atoms with van der Waals surface area (Å²) in [6.07, 6.45) is 6.63. The maximum Gasteiger partial charge on any atom is 0.272 e. The van der Waals surface area contributed by atoms with Crippen molar-refractivity contribution in [2.45, 2.75) is 51.1 Å². The molecule has 2 fully saturated rings. The molecule has 2 aromatic rings. The number of carbonyl (C=O) groups is 1. The van der Waals surface area contributed by atoms with Crippen LogP contribution in [0.4, 0.5) is 0 Å². The number of likely N-dealkylation sites (tertiary alicyclic amines) is 2. The molecule has 1 aromatic carbocycles. The first-order valence-electron chi connectivity index (χ1n) is 11.9. The molecule has 3 heterocycles. The third-order valence-electron chi connectivity index (χ3n) is 6.89. The highest BCUT2D eigenvalue weighted by Crippen LogP contribution is 2.25. The normalized spacial score (nSPS) is 19.9. The molecule has 1 atom stereocenters. The standard InChI is InChI=1S/C24H31Cl2N5O3S/c1-16-22(6-4-17-3-5-20(25)21(26)13-17)27-15-28-23(16)24(32)30-11-8-19(9-12-30)31-10-7-18(14-31)29-35(2,33)34/h3,5,13,15,18-19,29H,4,6-12,14H2,1-2H3/t18-/m1/s1. The van der Waals surface area contributed by atoms with Crippen molar-refractivity contribution < 1.29 is 13.2 Å². The van der Waals surface area contributed by atoms with Crippen LogP contribution in [0, 0.1) is 6.92 Å². The lowest BCUT2D eigenvalue weighted by molar-refractivity contribution is 0.0636. The molecule has 190 valence electrons. The van der Waals surface area contributed by atoms with Gasteiger partial charge in [0.25, 0.3) is 5.91 Å². The van der Waals surface area contributed by atoms with E-state index in [1.54, 1.807) is 6.07 Å². The minimum atomic E-state index is -3.20. The Kier molecular flexibility index (Phi) is 8.33. The molecule has 0 bridgehead atoms. The van der Waals surface area contributed by atoms with Crippen LogP contribution >= 0.6 is 23.2 Å². The number of aryl methyl sites for hydroxylation is 2. The Morgan fingerprint density at radius 2 is 1.83 bits per heavy atom. The minimum Gasteiger partial charge on any atom is -0.337 e. The lowest BCUT2D eigenvalue weighted by atomic mass is 10.0. The summed E-state index contributed by atoms with van der Waals surface area (Å²) in [5.74, 6) is -0.0582. The molecule has 0 unspecified atom stereocenters. The maximum absolute atomic E-state index is 13.3. The smallest absolute Gasteiger partial charge is 0.272 e. The summed E-state index contributed by atoms with van der Waals surface area (Å²) in [7, 11) is -3.20. The first-order chi connectivity index (χ1) is 16.6. The summed E-state index contributed by atoms with van der Waals surface area (Å²) in [4.78, 5) is 26.2. The number of rotatable bonds is 7. The van der Waals surface area contributed by atoms with Gasteiger partial charge in [-0.3, -0.25) is 9.69 Å². The van der Waals surface area contributed by atoms with Gasteiger partial charge in [-0.1, -0.05) is 29.3 Å². The fourth-order valence-electron chi connectivity index (χ4n) is 5.01. The number of piperidine rings is 1. The van der Waals surface area contributed by atoms with Crippen LogP contribution in [0.1, 0.15) is 46.6 Å². The third kappa shape index (κ3) is 6.71. The van der Waals surface area contributed by atoms with E-state index in [1.165, 1.54) is 12.6 Å². The molecule has 11 heteroatoms. The van der Waals surface area contributed by atoms with Gasteiger partial charge in [0.05, 0.1) is 16.3 Å². The van der Waals surface area contributed by atoms with Gasteiger partial charge in [-0.2, -0.15) is 0 Å². The Labute approximate surface area is 217 Å². The fourth-order valence-corrected chi connectivity index (χ4v) is 6.13. The minimum absolute atomic E-state index is 0.0318. The molecule has 1 aromatic heterocycles. The monoisotopic (exact) mass is 539 g/mol. The summed E-state index contributed by atoms with van der Waals surface area (Å²) in [6.45, 7) is 4.82. The summed E-state index contributed by atoms with van der Waals surface area (Å²) in [6, 6.07) is 5.92. The van der Waals surface area contributed by atoms with Crippen molar-refractivity contribution in [3.63, 3.8) is 0 Å². The molecule has 0 spiro atoms. The lowest BCUT2D eigenvalue weighted by Gasteiger charge is -2.36. The fraction of sp³-hybridized carbons (Fsp3) is 0.542. The van der Waals surface area contributed by atoms with Gasteiger partial charge in [-0.25, -0.2) is 23.1 Å². The average molecular weight is 541 g/mol.